The van der Waals surface area contributed by atoms with Crippen LogP contribution >= 0.6 is 15.9 Å². The smallest absolute Gasteiger partial charge is 0.254 e. The van der Waals surface area contributed by atoms with Crippen LogP contribution in [0.4, 0.5) is 0 Å². The zero-order valence-electron chi connectivity index (χ0n) is 12.5. The summed E-state index contributed by atoms with van der Waals surface area (Å²) in [4.78, 5) is 14.6. The second-order valence-electron chi connectivity index (χ2n) is 5.03. The van der Waals surface area contributed by atoms with Crippen molar-refractivity contribution >= 4 is 21.8 Å². The molecule has 0 saturated heterocycles. The Balaban J connectivity index is 2.10. The maximum absolute atomic E-state index is 12.7. The first-order chi connectivity index (χ1) is 10.1. The predicted molar refractivity (Wildman–Crippen MR) is 90.6 cm³/mol. The Bertz CT molecular complexity index is 610. The van der Waals surface area contributed by atoms with Gasteiger partial charge in [-0.1, -0.05) is 52.3 Å². The summed E-state index contributed by atoms with van der Waals surface area (Å²) >= 11 is 3.49. The maximum atomic E-state index is 12.7. The third-order valence-electron chi connectivity index (χ3n) is 3.68. The molecule has 21 heavy (non-hydrogen) atoms. The van der Waals surface area contributed by atoms with Gasteiger partial charge >= 0.3 is 0 Å². The average molecular weight is 346 g/mol. The van der Waals surface area contributed by atoms with Gasteiger partial charge in [-0.15, -0.1) is 0 Å². The van der Waals surface area contributed by atoms with Gasteiger partial charge in [-0.05, 0) is 43.5 Å². The Morgan fingerprint density at radius 3 is 2.48 bits per heavy atom. The molecule has 0 N–H and O–H groups in total. The first-order valence-corrected chi connectivity index (χ1v) is 8.01. The fourth-order valence-electron chi connectivity index (χ4n) is 2.32. The highest BCUT2D eigenvalue weighted by Crippen LogP contribution is 2.20. The molecule has 0 radical (unpaired) electrons. The summed E-state index contributed by atoms with van der Waals surface area (Å²) < 4.78 is 0.979. The molecule has 0 heterocycles. The highest BCUT2D eigenvalue weighted by atomic mass is 79.9. The number of rotatable bonds is 5. The molecule has 2 rings (SSSR count). The van der Waals surface area contributed by atoms with Crippen LogP contribution in [0.5, 0.6) is 0 Å². The fraction of sp³-hybridized carbons (Fsp3) is 0.278. The molecule has 0 fully saturated rings. The Kier molecular flexibility index (Phi) is 5.57. The Hall–Kier alpha value is -1.61. The van der Waals surface area contributed by atoms with Gasteiger partial charge in [0.25, 0.3) is 5.91 Å². The number of hydrogen-bond acceptors (Lipinski definition) is 1. The van der Waals surface area contributed by atoms with Crippen molar-refractivity contribution < 1.29 is 4.79 Å². The van der Waals surface area contributed by atoms with Crippen LogP contribution in [0.2, 0.25) is 0 Å². The summed E-state index contributed by atoms with van der Waals surface area (Å²) in [5.74, 6) is 0.104. The lowest BCUT2D eigenvalue weighted by Gasteiger charge is -2.22. The molecule has 3 heteroatoms. The molecule has 0 aliphatic heterocycles. The van der Waals surface area contributed by atoms with Gasteiger partial charge in [-0.2, -0.15) is 0 Å². The van der Waals surface area contributed by atoms with E-state index in [4.69, 9.17) is 0 Å². The highest BCUT2D eigenvalue weighted by molar-refractivity contribution is 9.10. The first-order valence-electron chi connectivity index (χ1n) is 7.21. The first kappa shape index (κ1) is 15.8. The fourth-order valence-corrected chi connectivity index (χ4v) is 2.69. The van der Waals surface area contributed by atoms with Gasteiger partial charge in [0.2, 0.25) is 0 Å². The van der Waals surface area contributed by atoms with Gasteiger partial charge in [-0.25, -0.2) is 0 Å². The van der Waals surface area contributed by atoms with Crippen molar-refractivity contribution in [1.82, 2.24) is 4.90 Å². The van der Waals surface area contributed by atoms with Crippen LogP contribution in [0.3, 0.4) is 0 Å². The average Bonchev–Trinajstić information content (AvgIpc) is 2.51. The van der Waals surface area contributed by atoms with Crippen LogP contribution in [0.15, 0.2) is 53.0 Å². The Labute approximate surface area is 134 Å². The summed E-state index contributed by atoms with van der Waals surface area (Å²) in [6.45, 7) is 5.46. The van der Waals surface area contributed by atoms with E-state index in [1.807, 2.05) is 55.1 Å². The minimum absolute atomic E-state index is 0.104. The molecule has 110 valence electrons. The van der Waals surface area contributed by atoms with Gasteiger partial charge in [0, 0.05) is 23.1 Å². The summed E-state index contributed by atoms with van der Waals surface area (Å²) in [5.41, 5.74) is 3.04. The molecule has 2 nitrogen and oxygen atoms in total. The normalized spacial score (nSPS) is 10.4. The molecule has 0 unspecified atom stereocenters. The van der Waals surface area contributed by atoms with E-state index in [9.17, 15) is 4.79 Å². The molecule has 0 aliphatic rings. The Morgan fingerprint density at radius 2 is 1.81 bits per heavy atom. The van der Waals surface area contributed by atoms with E-state index in [1.165, 1.54) is 5.56 Å². The molecule has 2 aromatic carbocycles. The van der Waals surface area contributed by atoms with Crippen molar-refractivity contribution in [2.75, 3.05) is 13.1 Å². The van der Waals surface area contributed by atoms with Crippen LogP contribution in [-0.4, -0.2) is 23.9 Å². The number of benzene rings is 2. The van der Waals surface area contributed by atoms with Gasteiger partial charge in [0.1, 0.15) is 0 Å². The molecule has 0 atom stereocenters. The van der Waals surface area contributed by atoms with Gasteiger partial charge in [-0.3, -0.25) is 4.79 Å². The molecule has 0 aromatic heterocycles. The van der Waals surface area contributed by atoms with E-state index >= 15 is 0 Å². The molecule has 0 aliphatic carbocycles. The molecule has 0 spiro atoms. The molecule has 2 aromatic rings. The highest BCUT2D eigenvalue weighted by Gasteiger charge is 2.16. The van der Waals surface area contributed by atoms with Crippen LogP contribution in [-0.2, 0) is 6.42 Å². The van der Waals surface area contributed by atoms with E-state index in [2.05, 4.69) is 28.1 Å². The number of carbonyl (C=O) groups excluding carboxylic acids is 1. The maximum Gasteiger partial charge on any atom is 0.254 e. The number of amides is 1. The van der Waals surface area contributed by atoms with Crippen molar-refractivity contribution in [3.63, 3.8) is 0 Å². The lowest BCUT2D eigenvalue weighted by Crippen LogP contribution is -2.33. The van der Waals surface area contributed by atoms with Crippen molar-refractivity contribution in [3.8, 4) is 0 Å². The number of likely N-dealkylation sites (N-methyl/N-ethyl adjacent to an activating group) is 1. The second-order valence-corrected chi connectivity index (χ2v) is 5.89. The molecule has 1 amide bonds. The standard InChI is InChI=1S/C18H20BrNO/c1-3-20(13-12-15-8-5-4-6-9-15)18(21)16-10-7-11-17(19)14(16)2/h4-11H,3,12-13H2,1-2H3. The summed E-state index contributed by atoms with van der Waals surface area (Å²) in [5, 5.41) is 0. The topological polar surface area (TPSA) is 20.3 Å². The van der Waals surface area contributed by atoms with E-state index in [0.29, 0.717) is 0 Å². The quantitative estimate of drug-likeness (QED) is 0.783. The summed E-state index contributed by atoms with van der Waals surface area (Å²) in [6.07, 6.45) is 0.882. The third-order valence-corrected chi connectivity index (χ3v) is 4.54. The van der Waals surface area contributed by atoms with Gasteiger partial charge < -0.3 is 4.90 Å². The van der Waals surface area contributed by atoms with Crippen LogP contribution in [0.1, 0.15) is 28.4 Å². The number of nitrogens with zero attached hydrogens (tertiary/aromatic N) is 1. The zero-order chi connectivity index (χ0) is 15.2. The third kappa shape index (κ3) is 3.94. The molecular weight excluding hydrogens is 326 g/mol. The minimum atomic E-state index is 0.104. The summed E-state index contributed by atoms with van der Waals surface area (Å²) in [6, 6.07) is 16.1. The van der Waals surface area contributed by atoms with Crippen molar-refractivity contribution in [2.45, 2.75) is 20.3 Å². The lowest BCUT2D eigenvalue weighted by molar-refractivity contribution is 0.0765. The second kappa shape index (κ2) is 7.41. The van der Waals surface area contributed by atoms with Crippen molar-refractivity contribution in [2.24, 2.45) is 0 Å². The number of carbonyl (C=O) groups is 1. The van der Waals surface area contributed by atoms with E-state index in [-0.39, 0.29) is 5.91 Å². The van der Waals surface area contributed by atoms with E-state index in [1.54, 1.807) is 0 Å². The monoisotopic (exact) mass is 345 g/mol. The van der Waals surface area contributed by atoms with Crippen LogP contribution in [0, 0.1) is 6.92 Å². The molecule has 0 bridgehead atoms. The minimum Gasteiger partial charge on any atom is -0.339 e. The van der Waals surface area contributed by atoms with Crippen LogP contribution in [0.25, 0.3) is 0 Å². The van der Waals surface area contributed by atoms with Crippen molar-refractivity contribution in [1.29, 1.82) is 0 Å². The van der Waals surface area contributed by atoms with Gasteiger partial charge in [0.05, 0.1) is 0 Å². The Morgan fingerprint density at radius 1 is 1.10 bits per heavy atom. The van der Waals surface area contributed by atoms with E-state index < -0.39 is 0 Å². The van der Waals surface area contributed by atoms with Gasteiger partial charge in [0.15, 0.2) is 0 Å². The summed E-state index contributed by atoms with van der Waals surface area (Å²) in [7, 11) is 0. The molecular formula is C18H20BrNO. The molecule has 0 saturated carbocycles. The lowest BCUT2D eigenvalue weighted by atomic mass is 10.1. The number of hydrogen-bond donors (Lipinski definition) is 0. The largest absolute Gasteiger partial charge is 0.339 e. The van der Waals surface area contributed by atoms with E-state index in [0.717, 1.165) is 35.1 Å². The van der Waals surface area contributed by atoms with Crippen molar-refractivity contribution in [3.05, 3.63) is 69.7 Å². The number of halogens is 1. The van der Waals surface area contributed by atoms with Crippen LogP contribution < -0.4 is 0 Å². The SMILES string of the molecule is CCN(CCc1ccccc1)C(=O)c1cccc(Br)c1C. The zero-order valence-corrected chi connectivity index (χ0v) is 14.1. The predicted octanol–water partition coefficient (Wildman–Crippen LogP) is 4.46.